The first-order chi connectivity index (χ1) is 29.5. The highest BCUT2D eigenvalue weighted by Gasteiger charge is 2.52. The van der Waals surface area contributed by atoms with E-state index in [1.165, 1.54) is 6.26 Å². The molecule has 13 nitrogen and oxygen atoms in total. The van der Waals surface area contributed by atoms with Crippen LogP contribution in [0.4, 0.5) is 5.69 Å². The van der Waals surface area contributed by atoms with Crippen LogP contribution in [0.5, 0.6) is 0 Å². The molecule has 0 aliphatic carbocycles. The molecule has 1 fully saturated rings. The van der Waals surface area contributed by atoms with Crippen molar-refractivity contribution < 1.29 is 33.3 Å². The molecule has 0 saturated carbocycles. The number of halogens is 1. The number of aryl methyl sites for hydroxylation is 1. The van der Waals surface area contributed by atoms with Crippen LogP contribution in [-0.4, -0.2) is 116 Å². The number of fused-ring (bicyclic) bond motifs is 3. The Morgan fingerprint density at radius 1 is 0.918 bits per heavy atom. The summed E-state index contributed by atoms with van der Waals surface area (Å²) in [5, 5.41) is 3.61. The van der Waals surface area contributed by atoms with Crippen LogP contribution in [0.2, 0.25) is 5.02 Å². The van der Waals surface area contributed by atoms with E-state index < -0.39 is 5.41 Å². The molecular formula is C47H79ClN6O7. The Kier molecular flexibility index (Phi) is 28.4. The number of imidazole rings is 1. The number of anilines is 1. The second kappa shape index (κ2) is 31.3. The SMILES string of the molecule is C=COC(C)(C)C.CC.CC.CC.CCOCCOCCOCCOCCC(=O)NCCCCn1c(CN2C(=O)C3(CCN(C)CC3)c3ccncc32)nc2cc(Cl)ccc21. The van der Waals surface area contributed by atoms with Crippen molar-refractivity contribution >= 4 is 40.1 Å². The Balaban J connectivity index is 0.00000127. The molecule has 0 unspecified atom stereocenters. The van der Waals surface area contributed by atoms with E-state index in [1.54, 1.807) is 6.20 Å². The van der Waals surface area contributed by atoms with Crippen LogP contribution >= 0.6 is 11.6 Å². The first kappa shape index (κ1) is 55.4. The van der Waals surface area contributed by atoms with Crippen LogP contribution in [0.3, 0.4) is 0 Å². The van der Waals surface area contributed by atoms with E-state index in [9.17, 15) is 9.59 Å². The minimum absolute atomic E-state index is 0.0373. The molecule has 61 heavy (non-hydrogen) atoms. The van der Waals surface area contributed by atoms with Gasteiger partial charge in [0.2, 0.25) is 11.8 Å². The van der Waals surface area contributed by atoms with Crippen LogP contribution in [0.15, 0.2) is 49.5 Å². The maximum Gasteiger partial charge on any atom is 0.238 e. The number of piperidine rings is 1. The Morgan fingerprint density at radius 2 is 1.52 bits per heavy atom. The molecule has 5 rings (SSSR count). The third kappa shape index (κ3) is 18.7. The number of nitrogens with zero attached hydrogens (tertiary/aromatic N) is 5. The van der Waals surface area contributed by atoms with Crippen molar-refractivity contribution in [3.63, 3.8) is 0 Å². The predicted molar refractivity (Wildman–Crippen MR) is 249 cm³/mol. The fraction of sp³-hybridized carbons (Fsp3) is 0.660. The largest absolute Gasteiger partial charge is 0.496 e. The lowest BCUT2D eigenvalue weighted by Gasteiger charge is -2.36. The number of aromatic nitrogens is 3. The highest BCUT2D eigenvalue weighted by molar-refractivity contribution is 6.31. The Hall–Kier alpha value is -3.59. The molecule has 4 heterocycles. The smallest absolute Gasteiger partial charge is 0.238 e. The van der Waals surface area contributed by atoms with Gasteiger partial charge in [-0.05, 0) is 103 Å². The molecule has 0 radical (unpaired) electrons. The molecule has 2 amide bonds. The number of pyridine rings is 1. The van der Waals surface area contributed by atoms with Crippen LogP contribution < -0.4 is 10.2 Å². The van der Waals surface area contributed by atoms with Crippen molar-refractivity contribution in [1.82, 2.24) is 24.8 Å². The van der Waals surface area contributed by atoms with Crippen molar-refractivity contribution in [1.29, 1.82) is 0 Å². The van der Waals surface area contributed by atoms with Gasteiger partial charge in [-0.15, -0.1) is 0 Å². The molecule has 2 aromatic heterocycles. The van der Waals surface area contributed by atoms with Gasteiger partial charge in [0.25, 0.3) is 0 Å². The molecule has 346 valence electrons. The maximum absolute atomic E-state index is 14.2. The summed E-state index contributed by atoms with van der Waals surface area (Å²) in [6, 6.07) is 7.73. The van der Waals surface area contributed by atoms with Crippen LogP contribution in [0, 0.1) is 0 Å². The van der Waals surface area contributed by atoms with Crippen molar-refractivity contribution in [2.45, 2.75) is 125 Å². The van der Waals surface area contributed by atoms with E-state index in [2.05, 4.69) is 33.4 Å². The quantitative estimate of drug-likeness (QED) is 0.0818. The highest BCUT2D eigenvalue weighted by Crippen LogP contribution is 2.48. The molecule has 14 heteroatoms. The fourth-order valence-corrected chi connectivity index (χ4v) is 6.89. The third-order valence-corrected chi connectivity index (χ3v) is 9.79. The second-order valence-electron chi connectivity index (χ2n) is 14.7. The first-order valence-electron chi connectivity index (χ1n) is 22.4. The molecular weight excluding hydrogens is 796 g/mol. The molecule has 2 aliphatic rings. The minimum Gasteiger partial charge on any atom is -0.496 e. The number of carbonyl (C=O) groups is 2. The maximum atomic E-state index is 14.2. The van der Waals surface area contributed by atoms with Crippen molar-refractivity contribution in [2.75, 3.05) is 84.4 Å². The van der Waals surface area contributed by atoms with Gasteiger partial charge in [0.15, 0.2) is 0 Å². The molecule has 1 N–H and O–H groups in total. The number of hydrogen-bond donors (Lipinski definition) is 1. The van der Waals surface area contributed by atoms with E-state index in [-0.39, 0.29) is 17.4 Å². The lowest BCUT2D eigenvalue weighted by Crippen LogP contribution is -2.47. The molecule has 0 atom stereocenters. The summed E-state index contributed by atoms with van der Waals surface area (Å²) in [5.41, 5.74) is 3.14. The van der Waals surface area contributed by atoms with Crippen LogP contribution in [-0.2, 0) is 51.8 Å². The topological polar surface area (TPSA) is 130 Å². The van der Waals surface area contributed by atoms with Gasteiger partial charge in [0, 0.05) is 37.3 Å². The van der Waals surface area contributed by atoms with Gasteiger partial charge in [-0.3, -0.25) is 14.6 Å². The normalized spacial score (nSPS) is 14.0. The number of amides is 2. The van der Waals surface area contributed by atoms with Gasteiger partial charge >= 0.3 is 0 Å². The van der Waals surface area contributed by atoms with Gasteiger partial charge in [-0.1, -0.05) is 59.7 Å². The highest BCUT2D eigenvalue weighted by atomic mass is 35.5. The zero-order valence-corrected chi connectivity index (χ0v) is 40.2. The van der Waals surface area contributed by atoms with Gasteiger partial charge in [-0.25, -0.2) is 4.98 Å². The lowest BCUT2D eigenvalue weighted by molar-refractivity contribution is -0.125. The summed E-state index contributed by atoms with van der Waals surface area (Å²) in [7, 11) is 2.11. The number of carbonyl (C=O) groups excluding carboxylic acids is 2. The van der Waals surface area contributed by atoms with E-state index in [0.717, 1.165) is 66.9 Å². The van der Waals surface area contributed by atoms with E-state index >= 15 is 0 Å². The average molecular weight is 876 g/mol. The summed E-state index contributed by atoms with van der Waals surface area (Å²) in [6.07, 6.45) is 8.57. The number of nitrogens with one attached hydrogen (secondary N) is 1. The van der Waals surface area contributed by atoms with Crippen molar-refractivity contribution in [2.24, 2.45) is 0 Å². The van der Waals surface area contributed by atoms with Crippen molar-refractivity contribution in [3.8, 4) is 0 Å². The molecule has 1 saturated heterocycles. The molecule has 2 aliphatic heterocycles. The second-order valence-corrected chi connectivity index (χ2v) is 15.2. The molecule has 1 aromatic carbocycles. The van der Waals surface area contributed by atoms with E-state index in [1.807, 2.05) is 105 Å². The zero-order chi connectivity index (χ0) is 45.7. The number of likely N-dealkylation sites (tertiary alicyclic amines) is 1. The summed E-state index contributed by atoms with van der Waals surface area (Å²) in [4.78, 5) is 40.0. The minimum atomic E-state index is -0.513. The summed E-state index contributed by atoms with van der Waals surface area (Å²) >= 11 is 6.33. The fourth-order valence-electron chi connectivity index (χ4n) is 6.72. The summed E-state index contributed by atoms with van der Waals surface area (Å²) in [6.45, 7) is 30.8. The van der Waals surface area contributed by atoms with Gasteiger partial charge in [0.1, 0.15) is 5.82 Å². The molecule has 3 aromatic rings. The number of benzene rings is 1. The van der Waals surface area contributed by atoms with Gasteiger partial charge in [-0.2, -0.15) is 0 Å². The Morgan fingerprint density at radius 3 is 2.10 bits per heavy atom. The lowest BCUT2D eigenvalue weighted by atomic mass is 9.74. The first-order valence-corrected chi connectivity index (χ1v) is 22.8. The Bertz CT molecular complexity index is 1660. The van der Waals surface area contributed by atoms with Gasteiger partial charge < -0.3 is 43.4 Å². The zero-order valence-electron chi connectivity index (χ0n) is 39.4. The van der Waals surface area contributed by atoms with Crippen molar-refractivity contribution in [3.05, 3.63) is 65.9 Å². The van der Waals surface area contributed by atoms with Gasteiger partial charge in [0.05, 0.1) is 93.0 Å². The summed E-state index contributed by atoms with van der Waals surface area (Å²) in [5.74, 6) is 0.900. The van der Waals surface area contributed by atoms with Crippen LogP contribution in [0.25, 0.3) is 11.0 Å². The average Bonchev–Trinajstić information content (AvgIpc) is 3.71. The van der Waals surface area contributed by atoms with E-state index in [4.69, 9.17) is 40.3 Å². The third-order valence-electron chi connectivity index (χ3n) is 9.55. The van der Waals surface area contributed by atoms with E-state index in [0.29, 0.717) is 83.9 Å². The number of unbranched alkanes of at least 4 members (excludes halogenated alkanes) is 1. The Labute approximate surface area is 372 Å². The summed E-state index contributed by atoms with van der Waals surface area (Å²) < 4.78 is 28.8. The molecule has 1 spiro atoms. The molecule has 0 bridgehead atoms. The number of ether oxygens (including phenoxy) is 5. The number of hydrogen-bond acceptors (Lipinski definition) is 10. The standard InChI is InChI=1S/C35H49ClN6O6.C6H12O.3C2H6/c1-3-45-18-19-47-22-23-48-21-20-46-17-9-33(43)38-12-4-5-14-41-30-7-6-27(36)24-29(30)39-32(41)26-42-31-25-37-13-8-28(31)35(34(42)44)10-15-40(2)16-11-35;1-5-7-6(2,3)4;3*1-2/h6-8,13,24-25H,3-5,9-12,14-23,26H2,1-2H3,(H,38,43);5H,1H2,2-4H3;3*1-2H3. The predicted octanol–water partition coefficient (Wildman–Crippen LogP) is 8.99. The van der Waals surface area contributed by atoms with Crippen LogP contribution in [0.1, 0.15) is 113 Å². The monoisotopic (exact) mass is 875 g/mol. The number of rotatable bonds is 21.